The molecule has 0 saturated carbocycles. The first kappa shape index (κ1) is 13.0. The number of fused-ring (bicyclic) bond motifs is 1. The highest BCUT2D eigenvalue weighted by Gasteiger charge is 2.10. The first-order valence-electron chi connectivity index (χ1n) is 4.69. The van der Waals surface area contributed by atoms with E-state index in [2.05, 4.69) is 27.6 Å². The van der Waals surface area contributed by atoms with Crippen LogP contribution in [0.15, 0.2) is 18.3 Å². The van der Waals surface area contributed by atoms with Gasteiger partial charge in [-0.05, 0) is 34.7 Å². The Morgan fingerprint density at radius 1 is 1.59 bits per heavy atom. The molecule has 1 N–H and O–H groups in total. The highest BCUT2D eigenvalue weighted by atomic mass is 127. The standard InChI is InChI=1S/C10H8ClIN2O2S/c11-6-1-2-8-13-7(4-17-5-9(15)16)10(12)14(8)3-6/h1-3H,4-5H2,(H,15,16). The number of carboxylic acids is 1. The maximum Gasteiger partial charge on any atom is 0.313 e. The van der Waals surface area contributed by atoms with E-state index in [9.17, 15) is 4.79 Å². The minimum absolute atomic E-state index is 0.0880. The average molecular weight is 383 g/mol. The van der Waals surface area contributed by atoms with Crippen molar-refractivity contribution in [2.45, 2.75) is 5.75 Å². The lowest BCUT2D eigenvalue weighted by Gasteiger charge is -1.97. The zero-order valence-electron chi connectivity index (χ0n) is 8.56. The van der Waals surface area contributed by atoms with Crippen LogP contribution < -0.4 is 0 Å². The molecule has 2 aromatic heterocycles. The van der Waals surface area contributed by atoms with Crippen molar-refractivity contribution in [1.82, 2.24) is 9.38 Å². The van der Waals surface area contributed by atoms with Crippen molar-refractivity contribution in [1.29, 1.82) is 0 Å². The molecule has 0 aromatic carbocycles. The van der Waals surface area contributed by atoms with Gasteiger partial charge < -0.3 is 5.11 Å². The minimum atomic E-state index is -0.809. The molecule has 0 amide bonds. The fraction of sp³-hybridized carbons (Fsp3) is 0.200. The van der Waals surface area contributed by atoms with Gasteiger partial charge in [-0.2, -0.15) is 0 Å². The maximum atomic E-state index is 10.4. The number of imidazole rings is 1. The quantitative estimate of drug-likeness (QED) is 0.826. The number of hydrogen-bond donors (Lipinski definition) is 1. The Labute approximate surface area is 121 Å². The van der Waals surface area contributed by atoms with E-state index < -0.39 is 5.97 Å². The first-order chi connectivity index (χ1) is 8.08. The van der Waals surface area contributed by atoms with Gasteiger partial charge >= 0.3 is 5.97 Å². The normalized spacial score (nSPS) is 10.9. The summed E-state index contributed by atoms with van der Waals surface area (Å²) in [4.78, 5) is 14.9. The number of nitrogens with zero attached hydrogens (tertiary/aromatic N) is 2. The molecule has 0 aliphatic carbocycles. The summed E-state index contributed by atoms with van der Waals surface area (Å²) in [5, 5.41) is 9.22. The van der Waals surface area contributed by atoms with Crippen molar-refractivity contribution >= 4 is 57.6 Å². The van der Waals surface area contributed by atoms with E-state index in [1.807, 2.05) is 10.5 Å². The fourth-order valence-electron chi connectivity index (χ4n) is 1.37. The molecule has 0 unspecified atom stereocenters. The molecule has 0 aliphatic heterocycles. The Morgan fingerprint density at radius 2 is 2.35 bits per heavy atom. The Balaban J connectivity index is 2.23. The van der Waals surface area contributed by atoms with Gasteiger partial charge in [-0.1, -0.05) is 11.6 Å². The molecule has 0 saturated heterocycles. The smallest absolute Gasteiger partial charge is 0.313 e. The van der Waals surface area contributed by atoms with Crippen LogP contribution in [-0.4, -0.2) is 26.2 Å². The van der Waals surface area contributed by atoms with E-state index in [1.165, 1.54) is 11.8 Å². The number of aliphatic carboxylic acids is 1. The van der Waals surface area contributed by atoms with Crippen molar-refractivity contribution in [3.05, 3.63) is 32.7 Å². The number of hydrogen-bond acceptors (Lipinski definition) is 3. The lowest BCUT2D eigenvalue weighted by Crippen LogP contribution is -1.98. The van der Waals surface area contributed by atoms with Crippen LogP contribution in [0, 0.1) is 3.70 Å². The lowest BCUT2D eigenvalue weighted by molar-refractivity contribution is -0.133. The van der Waals surface area contributed by atoms with Gasteiger partial charge in [0.1, 0.15) is 9.35 Å². The summed E-state index contributed by atoms with van der Waals surface area (Å²) in [7, 11) is 0. The van der Waals surface area contributed by atoms with Crippen molar-refractivity contribution in [3.63, 3.8) is 0 Å². The summed E-state index contributed by atoms with van der Waals surface area (Å²) in [6.45, 7) is 0. The highest BCUT2D eigenvalue weighted by Crippen LogP contribution is 2.21. The van der Waals surface area contributed by atoms with Crippen molar-refractivity contribution in [2.24, 2.45) is 0 Å². The summed E-state index contributed by atoms with van der Waals surface area (Å²) in [5.74, 6) is -0.133. The Morgan fingerprint density at radius 3 is 3.06 bits per heavy atom. The van der Waals surface area contributed by atoms with Gasteiger partial charge in [-0.15, -0.1) is 11.8 Å². The maximum absolute atomic E-state index is 10.4. The molecule has 0 radical (unpaired) electrons. The number of carboxylic acid groups (broad SMARTS) is 1. The predicted octanol–water partition coefficient (Wildman–Crippen LogP) is 2.91. The molecule has 17 heavy (non-hydrogen) atoms. The third-order valence-corrected chi connectivity index (χ3v) is 4.35. The molecule has 0 spiro atoms. The number of rotatable bonds is 4. The molecule has 2 rings (SSSR count). The lowest BCUT2D eigenvalue weighted by atomic mass is 10.5. The van der Waals surface area contributed by atoms with Crippen molar-refractivity contribution in [2.75, 3.05) is 5.75 Å². The van der Waals surface area contributed by atoms with E-state index >= 15 is 0 Å². The largest absolute Gasteiger partial charge is 0.481 e. The second kappa shape index (κ2) is 5.45. The number of halogens is 2. The summed E-state index contributed by atoms with van der Waals surface area (Å²) in [6, 6.07) is 3.63. The van der Waals surface area contributed by atoms with Crippen LogP contribution in [0.3, 0.4) is 0 Å². The number of aromatic nitrogens is 2. The summed E-state index contributed by atoms with van der Waals surface area (Å²) in [5.41, 5.74) is 1.71. The van der Waals surface area contributed by atoms with Crippen LogP contribution in [-0.2, 0) is 10.5 Å². The fourth-order valence-corrected chi connectivity index (χ4v) is 3.15. The Bertz CT molecular complexity index is 573. The van der Waals surface area contributed by atoms with Gasteiger partial charge in [0.15, 0.2) is 0 Å². The van der Waals surface area contributed by atoms with Crippen LogP contribution in [0.4, 0.5) is 0 Å². The Hall–Kier alpha value is -0.470. The van der Waals surface area contributed by atoms with Crippen LogP contribution in [0.5, 0.6) is 0 Å². The van der Waals surface area contributed by atoms with E-state index in [0.717, 1.165) is 15.0 Å². The SMILES string of the molecule is O=C(O)CSCc1nc2ccc(Cl)cn2c1I. The minimum Gasteiger partial charge on any atom is -0.481 e. The molecular weight excluding hydrogens is 375 g/mol. The second-order valence-electron chi connectivity index (χ2n) is 3.31. The van der Waals surface area contributed by atoms with E-state index in [0.29, 0.717) is 10.8 Å². The molecule has 0 bridgehead atoms. The van der Waals surface area contributed by atoms with Crippen molar-refractivity contribution < 1.29 is 9.90 Å². The molecule has 7 heteroatoms. The Kier molecular flexibility index (Phi) is 4.16. The van der Waals surface area contributed by atoms with Gasteiger partial charge in [-0.25, -0.2) is 4.98 Å². The zero-order valence-corrected chi connectivity index (χ0v) is 12.3. The predicted molar refractivity (Wildman–Crippen MR) is 76.7 cm³/mol. The first-order valence-corrected chi connectivity index (χ1v) is 7.30. The van der Waals surface area contributed by atoms with Crippen molar-refractivity contribution in [3.8, 4) is 0 Å². The topological polar surface area (TPSA) is 54.6 Å². The van der Waals surface area contributed by atoms with Crippen LogP contribution in [0.1, 0.15) is 5.69 Å². The molecule has 4 nitrogen and oxygen atoms in total. The van der Waals surface area contributed by atoms with E-state index in [4.69, 9.17) is 16.7 Å². The monoisotopic (exact) mass is 382 g/mol. The molecule has 2 heterocycles. The van der Waals surface area contributed by atoms with Gasteiger partial charge in [0.25, 0.3) is 0 Å². The third kappa shape index (κ3) is 3.05. The van der Waals surface area contributed by atoms with E-state index in [1.54, 1.807) is 12.3 Å². The van der Waals surface area contributed by atoms with Gasteiger partial charge in [0.2, 0.25) is 0 Å². The number of pyridine rings is 1. The molecule has 90 valence electrons. The highest BCUT2D eigenvalue weighted by molar-refractivity contribution is 14.1. The van der Waals surface area contributed by atoms with Gasteiger partial charge in [-0.3, -0.25) is 9.20 Å². The van der Waals surface area contributed by atoms with Crippen LogP contribution >= 0.6 is 46.0 Å². The molecular formula is C10H8ClIN2O2S. The summed E-state index contributed by atoms with van der Waals surface area (Å²) in [6.07, 6.45) is 1.80. The second-order valence-corrected chi connectivity index (χ2v) is 5.76. The van der Waals surface area contributed by atoms with Crippen LogP contribution in [0.25, 0.3) is 5.65 Å². The molecule has 2 aromatic rings. The van der Waals surface area contributed by atoms with E-state index in [-0.39, 0.29) is 5.75 Å². The molecule has 0 fully saturated rings. The third-order valence-electron chi connectivity index (χ3n) is 2.05. The van der Waals surface area contributed by atoms with Crippen LogP contribution in [0.2, 0.25) is 5.02 Å². The number of thioether (sulfide) groups is 1. The average Bonchev–Trinajstić information content (AvgIpc) is 2.56. The molecule has 0 atom stereocenters. The van der Waals surface area contributed by atoms with Gasteiger partial charge in [0, 0.05) is 11.9 Å². The summed E-state index contributed by atoms with van der Waals surface area (Å²) < 4.78 is 2.87. The zero-order chi connectivity index (χ0) is 12.4. The molecule has 0 aliphatic rings. The van der Waals surface area contributed by atoms with Gasteiger partial charge in [0.05, 0.1) is 16.5 Å². The number of carbonyl (C=O) groups is 1. The summed E-state index contributed by atoms with van der Waals surface area (Å²) >= 11 is 9.43.